The highest BCUT2D eigenvalue weighted by Crippen LogP contribution is 2.03. The first-order chi connectivity index (χ1) is 5.77. The molecule has 0 fully saturated rings. The summed E-state index contributed by atoms with van der Waals surface area (Å²) in [5, 5.41) is 0. The van der Waals surface area contributed by atoms with Crippen molar-refractivity contribution in [1.82, 2.24) is 0 Å². The largest absolute Gasteiger partial charge is 0.370 e. The van der Waals surface area contributed by atoms with E-state index in [1.807, 2.05) is 0 Å². The van der Waals surface area contributed by atoms with Crippen LogP contribution in [-0.2, 0) is 11.4 Å². The van der Waals surface area contributed by atoms with E-state index in [0.717, 1.165) is 5.56 Å². The summed E-state index contributed by atoms with van der Waals surface area (Å²) in [6, 6.07) is 6.76. The lowest BCUT2D eigenvalue weighted by Crippen LogP contribution is -2.10. The predicted octanol–water partition coefficient (Wildman–Crippen LogP) is 0.176. The molecule has 0 unspecified atom stereocenters. The first-order valence-corrected chi connectivity index (χ1v) is 3.48. The number of benzene rings is 1. The van der Waals surface area contributed by atoms with Crippen LogP contribution in [0, 0.1) is 0 Å². The van der Waals surface area contributed by atoms with Crippen molar-refractivity contribution in [3.8, 4) is 0 Å². The van der Waals surface area contributed by atoms with Gasteiger partial charge in [-0.3, -0.25) is 0 Å². The Kier molecular flexibility index (Phi) is 2.79. The summed E-state index contributed by atoms with van der Waals surface area (Å²) < 4.78 is 0. The molecule has 0 saturated carbocycles. The van der Waals surface area contributed by atoms with Crippen molar-refractivity contribution < 1.29 is 9.63 Å². The van der Waals surface area contributed by atoms with Crippen LogP contribution in [0.5, 0.6) is 0 Å². The van der Waals surface area contributed by atoms with Crippen LogP contribution in [0.3, 0.4) is 0 Å². The first-order valence-electron chi connectivity index (χ1n) is 3.48. The third-order valence-electron chi connectivity index (χ3n) is 1.53. The minimum Gasteiger partial charge on any atom is -0.370 e. The van der Waals surface area contributed by atoms with E-state index in [2.05, 4.69) is 4.84 Å². The molecule has 0 heterocycles. The lowest BCUT2D eigenvalue weighted by molar-refractivity contribution is 0.0503. The van der Waals surface area contributed by atoms with Gasteiger partial charge in [-0.15, -0.1) is 0 Å². The molecule has 1 aromatic rings. The van der Waals surface area contributed by atoms with Crippen LogP contribution in [-0.4, -0.2) is 5.97 Å². The number of hydrogen-bond donors (Lipinski definition) is 2. The monoisotopic (exact) mass is 166 g/mol. The van der Waals surface area contributed by atoms with Gasteiger partial charge in [-0.05, 0) is 17.7 Å². The third-order valence-corrected chi connectivity index (χ3v) is 1.53. The highest BCUT2D eigenvalue weighted by Gasteiger charge is 2.03. The lowest BCUT2D eigenvalue weighted by atomic mass is 10.1. The maximum absolute atomic E-state index is 10.8. The molecule has 0 atom stereocenters. The standard InChI is InChI=1S/C8H10N2O2/c9-5-6-1-3-7(4-2-6)8(11)12-10/h1-4H,5,9-10H2. The van der Waals surface area contributed by atoms with Crippen LogP contribution in [0.1, 0.15) is 15.9 Å². The molecule has 0 amide bonds. The Bertz CT molecular complexity index is 269. The summed E-state index contributed by atoms with van der Waals surface area (Å²) in [6.45, 7) is 0.456. The van der Waals surface area contributed by atoms with Crippen LogP contribution >= 0.6 is 0 Å². The normalized spacial score (nSPS) is 9.50. The summed E-state index contributed by atoms with van der Waals surface area (Å²) in [6.07, 6.45) is 0. The number of carbonyl (C=O) groups is 1. The predicted molar refractivity (Wildman–Crippen MR) is 43.9 cm³/mol. The average molecular weight is 166 g/mol. The Balaban J connectivity index is 2.84. The summed E-state index contributed by atoms with van der Waals surface area (Å²) in [4.78, 5) is 14.9. The van der Waals surface area contributed by atoms with Crippen LogP contribution in [0.2, 0.25) is 0 Å². The number of hydrogen-bond acceptors (Lipinski definition) is 4. The molecule has 4 nitrogen and oxygen atoms in total. The molecule has 0 aliphatic rings. The Morgan fingerprint density at radius 1 is 1.33 bits per heavy atom. The van der Waals surface area contributed by atoms with Gasteiger partial charge in [0.25, 0.3) is 0 Å². The van der Waals surface area contributed by atoms with Gasteiger partial charge >= 0.3 is 5.97 Å². The van der Waals surface area contributed by atoms with E-state index >= 15 is 0 Å². The quantitative estimate of drug-likeness (QED) is 0.614. The van der Waals surface area contributed by atoms with Gasteiger partial charge in [-0.1, -0.05) is 12.1 Å². The summed E-state index contributed by atoms with van der Waals surface area (Å²) in [5.74, 6) is 4.16. The van der Waals surface area contributed by atoms with Crippen molar-refractivity contribution in [3.05, 3.63) is 35.4 Å². The Morgan fingerprint density at radius 3 is 2.33 bits per heavy atom. The molecule has 0 bridgehead atoms. The van der Waals surface area contributed by atoms with Crippen LogP contribution < -0.4 is 11.6 Å². The van der Waals surface area contributed by atoms with Crippen molar-refractivity contribution in [2.45, 2.75) is 6.54 Å². The van der Waals surface area contributed by atoms with E-state index in [9.17, 15) is 4.79 Å². The molecule has 64 valence electrons. The molecule has 4 heteroatoms. The zero-order valence-electron chi connectivity index (χ0n) is 6.49. The second kappa shape index (κ2) is 3.85. The minimum absolute atomic E-state index is 0.426. The fraction of sp³-hybridized carbons (Fsp3) is 0.125. The molecule has 0 saturated heterocycles. The minimum atomic E-state index is -0.543. The molecule has 0 aliphatic heterocycles. The molecule has 12 heavy (non-hydrogen) atoms. The van der Waals surface area contributed by atoms with Crippen molar-refractivity contribution >= 4 is 5.97 Å². The van der Waals surface area contributed by atoms with Gasteiger partial charge in [0.15, 0.2) is 0 Å². The van der Waals surface area contributed by atoms with E-state index < -0.39 is 5.97 Å². The summed E-state index contributed by atoms with van der Waals surface area (Å²) in [5.41, 5.74) is 6.75. The van der Waals surface area contributed by atoms with Gasteiger partial charge in [-0.25, -0.2) is 4.79 Å². The van der Waals surface area contributed by atoms with Gasteiger partial charge in [-0.2, -0.15) is 5.90 Å². The van der Waals surface area contributed by atoms with Crippen LogP contribution in [0.15, 0.2) is 24.3 Å². The van der Waals surface area contributed by atoms with E-state index in [1.54, 1.807) is 24.3 Å². The molecule has 0 radical (unpaired) electrons. The Hall–Kier alpha value is -1.39. The van der Waals surface area contributed by atoms with Gasteiger partial charge < -0.3 is 10.6 Å². The fourth-order valence-corrected chi connectivity index (χ4v) is 0.845. The van der Waals surface area contributed by atoms with Crippen molar-refractivity contribution in [1.29, 1.82) is 0 Å². The number of rotatable bonds is 2. The molecule has 0 spiro atoms. The zero-order valence-corrected chi connectivity index (χ0v) is 6.49. The average Bonchev–Trinajstić information content (AvgIpc) is 2.17. The maximum atomic E-state index is 10.8. The third kappa shape index (κ3) is 1.81. The van der Waals surface area contributed by atoms with Crippen molar-refractivity contribution in [2.75, 3.05) is 0 Å². The molecule has 4 N–H and O–H groups in total. The lowest BCUT2D eigenvalue weighted by Gasteiger charge is -1.98. The highest BCUT2D eigenvalue weighted by molar-refractivity contribution is 5.89. The van der Waals surface area contributed by atoms with Crippen LogP contribution in [0.25, 0.3) is 0 Å². The molecule has 0 aromatic heterocycles. The van der Waals surface area contributed by atoms with E-state index in [0.29, 0.717) is 12.1 Å². The van der Waals surface area contributed by atoms with E-state index in [1.165, 1.54) is 0 Å². The molecular formula is C8H10N2O2. The first kappa shape index (κ1) is 8.70. The smallest absolute Gasteiger partial charge is 0.356 e. The van der Waals surface area contributed by atoms with Crippen molar-refractivity contribution in [3.63, 3.8) is 0 Å². The summed E-state index contributed by atoms with van der Waals surface area (Å²) in [7, 11) is 0. The van der Waals surface area contributed by atoms with Crippen molar-refractivity contribution in [2.24, 2.45) is 11.6 Å². The molecule has 1 rings (SSSR count). The van der Waals surface area contributed by atoms with E-state index in [4.69, 9.17) is 11.6 Å². The van der Waals surface area contributed by atoms with Gasteiger partial charge in [0.2, 0.25) is 0 Å². The second-order valence-corrected chi connectivity index (χ2v) is 2.31. The van der Waals surface area contributed by atoms with Gasteiger partial charge in [0, 0.05) is 6.54 Å². The molecule has 0 aliphatic carbocycles. The van der Waals surface area contributed by atoms with E-state index in [-0.39, 0.29) is 0 Å². The maximum Gasteiger partial charge on any atom is 0.356 e. The summed E-state index contributed by atoms with van der Waals surface area (Å²) >= 11 is 0. The highest BCUT2D eigenvalue weighted by atomic mass is 16.7. The Labute approximate surface area is 70.1 Å². The number of nitrogens with two attached hydrogens (primary N) is 2. The Morgan fingerprint density at radius 2 is 1.92 bits per heavy atom. The topological polar surface area (TPSA) is 78.3 Å². The fourth-order valence-electron chi connectivity index (χ4n) is 0.845. The van der Waals surface area contributed by atoms with Gasteiger partial charge in [0.05, 0.1) is 5.56 Å². The second-order valence-electron chi connectivity index (χ2n) is 2.31. The van der Waals surface area contributed by atoms with Gasteiger partial charge in [0.1, 0.15) is 0 Å². The SMILES string of the molecule is NCc1ccc(C(=O)ON)cc1. The zero-order chi connectivity index (χ0) is 8.97. The number of carbonyl (C=O) groups excluding carboxylic acids is 1. The molecular weight excluding hydrogens is 156 g/mol. The van der Waals surface area contributed by atoms with Crippen LogP contribution in [0.4, 0.5) is 0 Å². The molecule has 1 aromatic carbocycles.